The van der Waals surface area contributed by atoms with Gasteiger partial charge in [-0.15, -0.1) is 0 Å². The summed E-state index contributed by atoms with van der Waals surface area (Å²) in [5.41, 5.74) is 1.48. The second kappa shape index (κ2) is 7.42. The fourth-order valence-electron chi connectivity index (χ4n) is 2.87. The Morgan fingerprint density at radius 1 is 1.36 bits per heavy atom. The van der Waals surface area contributed by atoms with Gasteiger partial charge >= 0.3 is 0 Å². The van der Waals surface area contributed by atoms with Crippen molar-refractivity contribution >= 4 is 5.91 Å². The lowest BCUT2D eigenvalue weighted by Crippen LogP contribution is -2.41. The van der Waals surface area contributed by atoms with Gasteiger partial charge in [0.25, 0.3) is 5.91 Å². The summed E-state index contributed by atoms with van der Waals surface area (Å²) in [6.45, 7) is 11.5. The van der Waals surface area contributed by atoms with Crippen LogP contribution in [0.5, 0.6) is 11.5 Å². The van der Waals surface area contributed by atoms with E-state index in [1.807, 2.05) is 27.7 Å². The van der Waals surface area contributed by atoms with E-state index in [-0.39, 0.29) is 5.91 Å². The first kappa shape index (κ1) is 18.6. The van der Waals surface area contributed by atoms with Crippen LogP contribution in [0.1, 0.15) is 41.2 Å². The number of nitrogens with one attached hydrogen (secondary N) is 1. The van der Waals surface area contributed by atoms with Gasteiger partial charge in [-0.3, -0.25) is 4.79 Å². The zero-order valence-corrected chi connectivity index (χ0v) is 15.3. The Balaban J connectivity index is 2.24. The van der Waals surface area contributed by atoms with E-state index in [0.29, 0.717) is 29.4 Å². The molecular weight excluding hydrogens is 320 g/mol. The van der Waals surface area contributed by atoms with Gasteiger partial charge in [-0.2, -0.15) is 0 Å². The molecule has 0 saturated carbocycles. The first-order chi connectivity index (χ1) is 11.8. The molecule has 1 heterocycles. The van der Waals surface area contributed by atoms with Crippen LogP contribution in [0, 0.1) is 13.8 Å². The quantitative estimate of drug-likeness (QED) is 0.778. The van der Waals surface area contributed by atoms with E-state index in [2.05, 4.69) is 17.1 Å². The van der Waals surface area contributed by atoms with E-state index < -0.39 is 5.54 Å². The normalized spacial score (nSPS) is 11.1. The van der Waals surface area contributed by atoms with Crippen LogP contribution >= 0.6 is 0 Å². The molecule has 0 unspecified atom stereocenters. The number of amides is 1. The topological polar surface area (TPSA) is 73.6 Å². The maximum absolute atomic E-state index is 12.7. The number of carbonyl (C=O) groups excluding carboxylic acids is 1. The molecule has 0 aliphatic rings. The van der Waals surface area contributed by atoms with Gasteiger partial charge in [-0.25, -0.2) is 0 Å². The minimum Gasteiger partial charge on any atom is -0.493 e. The van der Waals surface area contributed by atoms with E-state index in [9.17, 15) is 4.79 Å². The highest BCUT2D eigenvalue weighted by atomic mass is 16.5. The second-order valence-electron chi connectivity index (χ2n) is 6.24. The number of methoxy groups -OCH3 is 1. The molecule has 2 rings (SSSR count). The summed E-state index contributed by atoms with van der Waals surface area (Å²) in [5.74, 6) is 1.51. The number of benzene rings is 1. The Bertz CT molecular complexity index is 758. The fraction of sp³-hybridized carbons (Fsp3) is 0.368. The summed E-state index contributed by atoms with van der Waals surface area (Å²) in [6.07, 6.45) is 1.65. The van der Waals surface area contributed by atoms with E-state index in [0.717, 1.165) is 11.3 Å². The summed E-state index contributed by atoms with van der Waals surface area (Å²) >= 11 is 0. The summed E-state index contributed by atoms with van der Waals surface area (Å²) < 4.78 is 16.0. The standard InChI is InChI=1S/C19H24N2O4/c1-7-10-24-15-9-8-14(11-16(15)23-6)18(22)20-19(4,5)17-12(2)21-25-13(17)3/h7-9,11H,1,10H2,2-6H3,(H,20,22). The number of hydrogen-bond donors (Lipinski definition) is 1. The predicted octanol–water partition coefficient (Wildman–Crippen LogP) is 3.53. The first-order valence-corrected chi connectivity index (χ1v) is 7.97. The summed E-state index contributed by atoms with van der Waals surface area (Å²) in [7, 11) is 1.53. The molecule has 0 saturated heterocycles. The Kier molecular flexibility index (Phi) is 5.51. The average Bonchev–Trinajstić information content (AvgIpc) is 2.91. The molecule has 134 valence electrons. The van der Waals surface area contributed by atoms with Crippen LogP contribution < -0.4 is 14.8 Å². The number of rotatable bonds is 7. The van der Waals surface area contributed by atoms with Crippen molar-refractivity contribution in [3.8, 4) is 11.5 Å². The van der Waals surface area contributed by atoms with E-state index >= 15 is 0 Å². The summed E-state index contributed by atoms with van der Waals surface area (Å²) in [6, 6.07) is 5.05. The molecule has 0 fully saturated rings. The SMILES string of the molecule is C=CCOc1ccc(C(=O)NC(C)(C)c2c(C)noc2C)cc1OC. The van der Waals surface area contributed by atoms with Crippen LogP contribution in [0.15, 0.2) is 35.4 Å². The monoisotopic (exact) mass is 344 g/mol. The van der Waals surface area contributed by atoms with Gasteiger partial charge in [0, 0.05) is 11.1 Å². The molecule has 1 aromatic heterocycles. The largest absolute Gasteiger partial charge is 0.493 e. The highest BCUT2D eigenvalue weighted by Gasteiger charge is 2.30. The Morgan fingerprint density at radius 2 is 2.08 bits per heavy atom. The van der Waals surface area contributed by atoms with Gasteiger partial charge < -0.3 is 19.3 Å². The maximum Gasteiger partial charge on any atom is 0.252 e. The van der Waals surface area contributed by atoms with E-state index in [1.54, 1.807) is 24.3 Å². The molecule has 0 atom stereocenters. The van der Waals surface area contributed by atoms with Crippen LogP contribution in [-0.2, 0) is 5.54 Å². The van der Waals surface area contributed by atoms with Gasteiger partial charge in [0.2, 0.25) is 0 Å². The van der Waals surface area contributed by atoms with Gasteiger partial charge in [0.05, 0.1) is 18.3 Å². The van der Waals surface area contributed by atoms with E-state index in [1.165, 1.54) is 7.11 Å². The van der Waals surface area contributed by atoms with Crippen molar-refractivity contribution in [3.05, 3.63) is 53.4 Å². The van der Waals surface area contributed by atoms with Gasteiger partial charge in [-0.1, -0.05) is 17.8 Å². The van der Waals surface area contributed by atoms with Crippen molar-refractivity contribution < 1.29 is 18.8 Å². The zero-order chi connectivity index (χ0) is 18.6. The minimum atomic E-state index is -0.628. The molecule has 1 N–H and O–H groups in total. The molecule has 0 aliphatic heterocycles. The number of aromatic nitrogens is 1. The van der Waals surface area contributed by atoms with Crippen LogP contribution in [0.3, 0.4) is 0 Å². The van der Waals surface area contributed by atoms with Gasteiger partial charge in [0.15, 0.2) is 11.5 Å². The zero-order valence-electron chi connectivity index (χ0n) is 15.3. The number of carbonyl (C=O) groups is 1. The third-order valence-corrected chi connectivity index (χ3v) is 3.87. The number of nitrogens with zero attached hydrogens (tertiary/aromatic N) is 1. The molecule has 6 nitrogen and oxygen atoms in total. The maximum atomic E-state index is 12.7. The van der Waals surface area contributed by atoms with Gasteiger partial charge in [-0.05, 0) is 45.9 Å². The van der Waals surface area contributed by atoms with Crippen molar-refractivity contribution in [2.75, 3.05) is 13.7 Å². The Labute approximate surface area is 147 Å². The molecule has 2 aromatic rings. The highest BCUT2D eigenvalue weighted by molar-refractivity contribution is 5.95. The lowest BCUT2D eigenvalue weighted by Gasteiger charge is -2.26. The molecule has 0 aliphatic carbocycles. The Hall–Kier alpha value is -2.76. The summed E-state index contributed by atoms with van der Waals surface area (Å²) in [5, 5.41) is 6.98. The van der Waals surface area contributed by atoms with Crippen LogP contribution in [0.4, 0.5) is 0 Å². The van der Waals surface area contributed by atoms with Crippen LogP contribution in [-0.4, -0.2) is 24.8 Å². The molecule has 0 radical (unpaired) electrons. The predicted molar refractivity (Wildman–Crippen MR) is 95.2 cm³/mol. The molecule has 6 heteroatoms. The van der Waals surface area contributed by atoms with Crippen molar-refractivity contribution in [1.82, 2.24) is 10.5 Å². The third kappa shape index (κ3) is 4.02. The average molecular weight is 344 g/mol. The smallest absolute Gasteiger partial charge is 0.252 e. The molecule has 0 spiro atoms. The summed E-state index contributed by atoms with van der Waals surface area (Å²) in [4.78, 5) is 12.7. The van der Waals surface area contributed by atoms with Crippen molar-refractivity contribution in [3.63, 3.8) is 0 Å². The lowest BCUT2D eigenvalue weighted by molar-refractivity contribution is 0.0911. The van der Waals surface area contributed by atoms with Crippen LogP contribution in [0.2, 0.25) is 0 Å². The number of hydrogen-bond acceptors (Lipinski definition) is 5. The van der Waals surface area contributed by atoms with E-state index in [4.69, 9.17) is 14.0 Å². The molecular formula is C19H24N2O4. The number of aryl methyl sites for hydroxylation is 2. The van der Waals surface area contributed by atoms with Crippen molar-refractivity contribution in [2.24, 2.45) is 0 Å². The second-order valence-corrected chi connectivity index (χ2v) is 6.24. The Morgan fingerprint density at radius 3 is 2.64 bits per heavy atom. The molecule has 25 heavy (non-hydrogen) atoms. The van der Waals surface area contributed by atoms with Crippen molar-refractivity contribution in [2.45, 2.75) is 33.2 Å². The first-order valence-electron chi connectivity index (χ1n) is 7.97. The minimum absolute atomic E-state index is 0.224. The van der Waals surface area contributed by atoms with Gasteiger partial charge in [0.1, 0.15) is 12.4 Å². The molecule has 1 aromatic carbocycles. The lowest BCUT2D eigenvalue weighted by atomic mass is 9.92. The number of ether oxygens (including phenoxy) is 2. The fourth-order valence-corrected chi connectivity index (χ4v) is 2.87. The highest BCUT2D eigenvalue weighted by Crippen LogP contribution is 2.30. The molecule has 0 bridgehead atoms. The third-order valence-electron chi connectivity index (χ3n) is 3.87. The van der Waals surface area contributed by atoms with Crippen LogP contribution in [0.25, 0.3) is 0 Å². The molecule has 1 amide bonds. The van der Waals surface area contributed by atoms with Crippen molar-refractivity contribution in [1.29, 1.82) is 0 Å².